The van der Waals surface area contributed by atoms with E-state index in [2.05, 4.69) is 10.1 Å². The first kappa shape index (κ1) is 22.1. The van der Waals surface area contributed by atoms with Crippen molar-refractivity contribution in [1.82, 2.24) is 14.5 Å². The number of aromatic nitrogens is 2. The Bertz CT molecular complexity index is 1280. The third-order valence-electron chi connectivity index (χ3n) is 6.03. The minimum Gasteiger partial charge on any atom is -0.495 e. The number of piperidine rings is 1. The molecule has 1 fully saturated rings. The lowest BCUT2D eigenvalue weighted by molar-refractivity contribution is 0.0179. The lowest BCUT2D eigenvalue weighted by Crippen LogP contribution is -2.43. The van der Waals surface area contributed by atoms with E-state index in [0.29, 0.717) is 18.1 Å². The molecule has 5 rings (SSSR count). The van der Waals surface area contributed by atoms with Crippen molar-refractivity contribution in [2.45, 2.75) is 25.9 Å². The SMILES string of the molecule is COc1cc(/C=C2\CCCN3CC(c4cc(F)c(F)c(F)c4)ON=C23)ccc1-n1cnc(C)c1. The number of oxime groups is 1. The molecule has 2 aliphatic rings. The van der Waals surface area contributed by atoms with Gasteiger partial charge in [-0.25, -0.2) is 18.2 Å². The van der Waals surface area contributed by atoms with Gasteiger partial charge in [-0.1, -0.05) is 11.2 Å². The van der Waals surface area contributed by atoms with Crippen molar-refractivity contribution in [3.8, 4) is 11.4 Å². The highest BCUT2D eigenvalue weighted by atomic mass is 19.2. The molecule has 9 heteroatoms. The van der Waals surface area contributed by atoms with E-state index >= 15 is 0 Å². The van der Waals surface area contributed by atoms with E-state index in [9.17, 15) is 13.2 Å². The number of imidazole rings is 1. The van der Waals surface area contributed by atoms with Gasteiger partial charge in [-0.05, 0) is 61.2 Å². The van der Waals surface area contributed by atoms with Gasteiger partial charge in [-0.3, -0.25) is 0 Å². The predicted molar refractivity (Wildman–Crippen MR) is 121 cm³/mol. The lowest BCUT2D eigenvalue weighted by atomic mass is 9.98. The van der Waals surface area contributed by atoms with Crippen molar-refractivity contribution in [1.29, 1.82) is 0 Å². The molecule has 0 N–H and O–H groups in total. The van der Waals surface area contributed by atoms with Gasteiger partial charge in [-0.15, -0.1) is 0 Å². The number of benzene rings is 2. The van der Waals surface area contributed by atoms with Crippen molar-refractivity contribution in [2.24, 2.45) is 5.16 Å². The summed E-state index contributed by atoms with van der Waals surface area (Å²) in [7, 11) is 1.63. The fourth-order valence-electron chi connectivity index (χ4n) is 4.34. The van der Waals surface area contributed by atoms with Crippen molar-refractivity contribution in [3.63, 3.8) is 0 Å². The van der Waals surface area contributed by atoms with Crippen molar-refractivity contribution in [2.75, 3.05) is 20.2 Å². The zero-order valence-corrected chi connectivity index (χ0v) is 18.8. The molecule has 0 amide bonds. The van der Waals surface area contributed by atoms with Crippen LogP contribution in [0.2, 0.25) is 0 Å². The normalized spacial score (nSPS) is 19.0. The van der Waals surface area contributed by atoms with Crippen LogP contribution in [-0.4, -0.2) is 40.5 Å². The van der Waals surface area contributed by atoms with Gasteiger partial charge in [0.2, 0.25) is 0 Å². The molecule has 3 aromatic rings. The Kier molecular flexibility index (Phi) is 5.77. The molecule has 1 aromatic heterocycles. The van der Waals surface area contributed by atoms with Gasteiger partial charge in [0.15, 0.2) is 29.4 Å². The Hall–Kier alpha value is -3.75. The number of rotatable bonds is 4. The van der Waals surface area contributed by atoms with E-state index in [-0.39, 0.29) is 5.56 Å². The quantitative estimate of drug-likeness (QED) is 0.496. The van der Waals surface area contributed by atoms with E-state index in [0.717, 1.165) is 54.0 Å². The Labute approximate surface area is 194 Å². The molecule has 34 heavy (non-hydrogen) atoms. The third kappa shape index (κ3) is 4.13. The number of ether oxygens (including phenoxy) is 1. The van der Waals surface area contributed by atoms with E-state index in [1.165, 1.54) is 0 Å². The van der Waals surface area contributed by atoms with Gasteiger partial charge in [0.25, 0.3) is 0 Å². The standard InChI is InChI=1S/C25H23F3N4O2/c1-15-12-32(14-29-15)21-6-5-16(9-22(21)33-2)8-17-4-3-7-31-13-23(34-30-25(17)31)18-10-19(26)24(28)20(27)11-18/h5-6,8-12,14,23H,3-4,7,13H2,1-2H3/b17-8+. The number of fused-ring (bicyclic) bond motifs is 1. The lowest BCUT2D eigenvalue weighted by Gasteiger charge is -2.37. The molecule has 0 aliphatic carbocycles. The summed E-state index contributed by atoms with van der Waals surface area (Å²) in [5.41, 5.74) is 3.95. The molecule has 3 heterocycles. The highest BCUT2D eigenvalue weighted by molar-refractivity contribution is 6.02. The summed E-state index contributed by atoms with van der Waals surface area (Å²) in [6.07, 6.45) is 6.73. The summed E-state index contributed by atoms with van der Waals surface area (Å²) in [4.78, 5) is 11.9. The van der Waals surface area contributed by atoms with Crippen LogP contribution in [-0.2, 0) is 4.84 Å². The van der Waals surface area contributed by atoms with Crippen LogP contribution in [0.1, 0.15) is 35.8 Å². The maximum Gasteiger partial charge on any atom is 0.194 e. The van der Waals surface area contributed by atoms with Gasteiger partial charge < -0.3 is 19.0 Å². The average Bonchev–Trinajstić information content (AvgIpc) is 3.28. The van der Waals surface area contributed by atoms with Crippen molar-refractivity contribution in [3.05, 3.63) is 82.7 Å². The highest BCUT2D eigenvalue weighted by Crippen LogP contribution is 2.32. The van der Waals surface area contributed by atoms with Crippen LogP contribution in [0.25, 0.3) is 11.8 Å². The molecule has 0 radical (unpaired) electrons. The second-order valence-electron chi connectivity index (χ2n) is 8.38. The zero-order chi connectivity index (χ0) is 23.8. The van der Waals surface area contributed by atoms with Gasteiger partial charge in [-0.2, -0.15) is 0 Å². The van der Waals surface area contributed by atoms with Crippen molar-refractivity contribution >= 4 is 11.9 Å². The van der Waals surface area contributed by atoms with Gasteiger partial charge in [0.05, 0.1) is 31.4 Å². The first-order chi connectivity index (χ1) is 16.4. The number of nitrogens with zero attached hydrogens (tertiary/aromatic N) is 4. The molecule has 0 spiro atoms. The number of aryl methyl sites for hydroxylation is 1. The number of amidine groups is 1. The smallest absolute Gasteiger partial charge is 0.194 e. The van der Waals surface area contributed by atoms with Crippen LogP contribution >= 0.6 is 0 Å². The van der Waals surface area contributed by atoms with Crippen LogP contribution in [0.5, 0.6) is 5.75 Å². The highest BCUT2D eigenvalue weighted by Gasteiger charge is 2.31. The number of hydrogen-bond acceptors (Lipinski definition) is 5. The Balaban J connectivity index is 1.41. The molecule has 1 saturated heterocycles. The molecule has 6 nitrogen and oxygen atoms in total. The maximum absolute atomic E-state index is 13.7. The monoisotopic (exact) mass is 468 g/mol. The van der Waals surface area contributed by atoms with Gasteiger partial charge in [0, 0.05) is 18.3 Å². The minimum absolute atomic E-state index is 0.213. The fraction of sp³-hybridized carbons (Fsp3) is 0.280. The summed E-state index contributed by atoms with van der Waals surface area (Å²) < 4.78 is 48.2. The molecule has 0 bridgehead atoms. The maximum atomic E-state index is 13.7. The molecule has 2 aliphatic heterocycles. The Morgan fingerprint density at radius 2 is 1.94 bits per heavy atom. The summed E-state index contributed by atoms with van der Waals surface area (Å²) in [6, 6.07) is 7.84. The second-order valence-corrected chi connectivity index (χ2v) is 8.38. The molecular formula is C25H23F3N4O2. The van der Waals surface area contributed by atoms with E-state index in [1.807, 2.05) is 46.9 Å². The first-order valence-corrected chi connectivity index (χ1v) is 11.0. The second kappa shape index (κ2) is 8.89. The van der Waals surface area contributed by atoms with Gasteiger partial charge in [0.1, 0.15) is 5.75 Å². The largest absolute Gasteiger partial charge is 0.495 e. The summed E-state index contributed by atoms with van der Waals surface area (Å²) in [5.74, 6) is -2.57. The van der Waals surface area contributed by atoms with Gasteiger partial charge >= 0.3 is 0 Å². The zero-order valence-electron chi connectivity index (χ0n) is 18.8. The summed E-state index contributed by atoms with van der Waals surface area (Å²) in [5, 5.41) is 4.27. The topological polar surface area (TPSA) is 51.9 Å². The molecule has 2 aromatic carbocycles. The van der Waals surface area contributed by atoms with Crippen LogP contribution in [0.3, 0.4) is 0 Å². The van der Waals surface area contributed by atoms with E-state index < -0.39 is 23.6 Å². The van der Waals surface area contributed by atoms with Crippen LogP contribution in [0, 0.1) is 24.4 Å². The average molecular weight is 468 g/mol. The minimum atomic E-state index is -1.49. The Morgan fingerprint density at radius 3 is 2.65 bits per heavy atom. The van der Waals surface area contributed by atoms with E-state index in [4.69, 9.17) is 9.57 Å². The third-order valence-corrected chi connectivity index (χ3v) is 6.03. The van der Waals surface area contributed by atoms with Crippen molar-refractivity contribution < 1.29 is 22.7 Å². The molecule has 0 saturated carbocycles. The van der Waals surface area contributed by atoms with E-state index in [1.54, 1.807) is 13.4 Å². The Morgan fingerprint density at radius 1 is 1.15 bits per heavy atom. The first-order valence-electron chi connectivity index (χ1n) is 11.0. The summed E-state index contributed by atoms with van der Waals surface area (Å²) >= 11 is 0. The predicted octanol–water partition coefficient (Wildman–Crippen LogP) is 5.17. The number of hydrogen-bond donors (Lipinski definition) is 0. The molecule has 1 unspecified atom stereocenters. The fourth-order valence-corrected chi connectivity index (χ4v) is 4.34. The van der Waals surface area contributed by atoms with Crippen LogP contribution in [0.15, 0.2) is 53.6 Å². The van der Waals surface area contributed by atoms with Crippen LogP contribution < -0.4 is 4.74 Å². The molecular weight excluding hydrogens is 445 g/mol. The number of methoxy groups -OCH3 is 1. The summed E-state index contributed by atoms with van der Waals surface area (Å²) in [6.45, 7) is 3.03. The van der Waals surface area contributed by atoms with Crippen LogP contribution in [0.4, 0.5) is 13.2 Å². The molecule has 1 atom stereocenters. The number of halogens is 3. The molecule has 176 valence electrons.